The number of nitrogens with two attached hydrogens (primary N) is 1. The third kappa shape index (κ3) is 2.55. The summed E-state index contributed by atoms with van der Waals surface area (Å²) in [6.45, 7) is 0.864. The van der Waals surface area contributed by atoms with Crippen LogP contribution in [0.5, 0.6) is 0 Å². The first-order chi connectivity index (χ1) is 8.08. The van der Waals surface area contributed by atoms with Crippen LogP contribution in [0.4, 0.5) is 5.69 Å². The summed E-state index contributed by atoms with van der Waals surface area (Å²) in [5, 5.41) is 16.8. The zero-order valence-corrected chi connectivity index (χ0v) is 9.93. The Kier molecular flexibility index (Phi) is 3.28. The molecule has 1 heterocycles. The van der Waals surface area contributed by atoms with Crippen molar-refractivity contribution in [1.29, 1.82) is 5.41 Å². The molecule has 1 fully saturated rings. The lowest BCUT2D eigenvalue weighted by molar-refractivity contribution is 0.0465. The Bertz CT molecular complexity index is 415. The van der Waals surface area contributed by atoms with Crippen molar-refractivity contribution in [3.8, 4) is 0 Å². The molecule has 17 heavy (non-hydrogen) atoms. The van der Waals surface area contributed by atoms with Gasteiger partial charge in [-0.25, -0.2) is 0 Å². The van der Waals surface area contributed by atoms with Gasteiger partial charge in [0.25, 0.3) is 0 Å². The van der Waals surface area contributed by atoms with E-state index < -0.39 is 0 Å². The minimum atomic E-state index is -0.130. The Morgan fingerprint density at radius 3 is 2.94 bits per heavy atom. The minimum absolute atomic E-state index is 0.0582. The normalized spacial score (nSPS) is 22.9. The van der Waals surface area contributed by atoms with Gasteiger partial charge in [-0.2, -0.15) is 0 Å². The van der Waals surface area contributed by atoms with Crippen LogP contribution < -0.4 is 10.6 Å². The van der Waals surface area contributed by atoms with Crippen molar-refractivity contribution in [2.24, 2.45) is 11.7 Å². The van der Waals surface area contributed by atoms with Crippen molar-refractivity contribution < 1.29 is 5.11 Å². The molecule has 1 aromatic rings. The van der Waals surface area contributed by atoms with Crippen LogP contribution in [0.15, 0.2) is 18.5 Å². The Labute approximate surface area is 101 Å². The Morgan fingerprint density at radius 2 is 2.35 bits per heavy atom. The minimum Gasteiger partial charge on any atom is -0.393 e. The number of hydrogen-bond acceptors (Lipinski definition) is 4. The Hall–Kier alpha value is -1.62. The average Bonchev–Trinajstić information content (AvgIpc) is 2.27. The van der Waals surface area contributed by atoms with Crippen molar-refractivity contribution >= 4 is 11.5 Å². The number of aromatic nitrogens is 1. The van der Waals surface area contributed by atoms with Crippen molar-refractivity contribution in [3.63, 3.8) is 0 Å². The summed E-state index contributed by atoms with van der Waals surface area (Å²) < 4.78 is 0. The molecule has 5 nitrogen and oxygen atoms in total. The van der Waals surface area contributed by atoms with Gasteiger partial charge >= 0.3 is 0 Å². The zero-order valence-electron chi connectivity index (χ0n) is 9.93. The van der Waals surface area contributed by atoms with Gasteiger partial charge in [0.15, 0.2) is 0 Å². The van der Waals surface area contributed by atoms with E-state index in [4.69, 9.17) is 11.1 Å². The second-order valence-electron chi connectivity index (χ2n) is 4.68. The highest BCUT2D eigenvalue weighted by molar-refractivity contribution is 6.00. The molecule has 0 atom stereocenters. The molecule has 1 aliphatic rings. The standard InChI is InChI=1S/C12H18N4O/c1-16(7-8-4-9(17)5-8)11-6-15-3-2-10(11)12(13)14/h2-3,6,8-9,17H,4-5,7H2,1H3,(H3,13,14). The molecule has 5 heteroatoms. The van der Waals surface area contributed by atoms with E-state index in [2.05, 4.69) is 9.88 Å². The smallest absolute Gasteiger partial charge is 0.125 e. The van der Waals surface area contributed by atoms with E-state index in [9.17, 15) is 5.11 Å². The second-order valence-corrected chi connectivity index (χ2v) is 4.68. The van der Waals surface area contributed by atoms with Gasteiger partial charge < -0.3 is 15.7 Å². The topological polar surface area (TPSA) is 86.2 Å². The fourth-order valence-corrected chi connectivity index (χ4v) is 2.25. The monoisotopic (exact) mass is 234 g/mol. The van der Waals surface area contributed by atoms with Gasteiger partial charge in [-0.15, -0.1) is 0 Å². The zero-order chi connectivity index (χ0) is 12.4. The highest BCUT2D eigenvalue weighted by Crippen LogP contribution is 2.29. The van der Waals surface area contributed by atoms with Crippen LogP contribution in [-0.2, 0) is 0 Å². The maximum Gasteiger partial charge on any atom is 0.125 e. The van der Waals surface area contributed by atoms with Gasteiger partial charge in [-0.3, -0.25) is 10.4 Å². The molecule has 0 aliphatic heterocycles. The highest BCUT2D eigenvalue weighted by atomic mass is 16.3. The van der Waals surface area contributed by atoms with Crippen LogP contribution in [0.3, 0.4) is 0 Å². The number of nitrogens with one attached hydrogen (secondary N) is 1. The molecule has 0 aromatic carbocycles. The number of hydrogen-bond donors (Lipinski definition) is 3. The molecule has 1 saturated carbocycles. The predicted octanol–water partition coefficient (Wildman–Crippen LogP) is 0.573. The maximum absolute atomic E-state index is 9.26. The van der Waals surface area contributed by atoms with E-state index in [1.807, 2.05) is 7.05 Å². The summed E-state index contributed by atoms with van der Waals surface area (Å²) in [4.78, 5) is 6.13. The van der Waals surface area contributed by atoms with Crippen LogP contribution in [0.1, 0.15) is 18.4 Å². The first-order valence-electron chi connectivity index (χ1n) is 5.75. The SMILES string of the molecule is CN(CC1CC(O)C1)c1cnccc1C(=N)N. The molecule has 2 rings (SSSR count). The molecule has 4 N–H and O–H groups in total. The number of aliphatic hydroxyl groups excluding tert-OH is 1. The van der Waals surface area contributed by atoms with Gasteiger partial charge in [-0.05, 0) is 24.8 Å². The van der Waals surface area contributed by atoms with Crippen LogP contribution in [-0.4, -0.2) is 35.6 Å². The quantitative estimate of drug-likeness (QED) is 0.525. The molecule has 0 spiro atoms. The van der Waals surface area contributed by atoms with Gasteiger partial charge in [-0.1, -0.05) is 0 Å². The highest BCUT2D eigenvalue weighted by Gasteiger charge is 2.28. The van der Waals surface area contributed by atoms with E-state index >= 15 is 0 Å². The van der Waals surface area contributed by atoms with Gasteiger partial charge in [0, 0.05) is 25.4 Å². The van der Waals surface area contributed by atoms with E-state index in [1.54, 1.807) is 18.5 Å². The summed E-state index contributed by atoms with van der Waals surface area (Å²) >= 11 is 0. The molecule has 0 saturated heterocycles. The number of nitrogen functional groups attached to an aromatic ring is 1. The van der Waals surface area contributed by atoms with Crippen molar-refractivity contribution in [2.75, 3.05) is 18.5 Å². The number of pyridine rings is 1. The van der Waals surface area contributed by atoms with E-state index in [1.165, 1.54) is 0 Å². The number of rotatable bonds is 4. The number of nitrogens with zero attached hydrogens (tertiary/aromatic N) is 2. The number of aliphatic hydroxyl groups is 1. The molecular weight excluding hydrogens is 216 g/mol. The van der Waals surface area contributed by atoms with Crippen molar-refractivity contribution in [2.45, 2.75) is 18.9 Å². The lowest BCUT2D eigenvalue weighted by atomic mass is 9.82. The van der Waals surface area contributed by atoms with Gasteiger partial charge in [0.1, 0.15) is 5.84 Å². The van der Waals surface area contributed by atoms with Crippen molar-refractivity contribution in [1.82, 2.24) is 4.98 Å². The third-order valence-electron chi connectivity index (χ3n) is 3.24. The molecule has 1 aliphatic carbocycles. The summed E-state index contributed by atoms with van der Waals surface area (Å²) in [7, 11) is 1.97. The summed E-state index contributed by atoms with van der Waals surface area (Å²) in [6, 6.07) is 1.75. The van der Waals surface area contributed by atoms with E-state index in [-0.39, 0.29) is 11.9 Å². The number of amidine groups is 1. The largest absolute Gasteiger partial charge is 0.393 e. The van der Waals surface area contributed by atoms with Gasteiger partial charge in [0.05, 0.1) is 18.0 Å². The third-order valence-corrected chi connectivity index (χ3v) is 3.24. The fraction of sp³-hybridized carbons (Fsp3) is 0.500. The molecule has 0 amide bonds. The fourth-order valence-electron chi connectivity index (χ4n) is 2.25. The molecule has 0 unspecified atom stereocenters. The summed E-state index contributed by atoms with van der Waals surface area (Å²) in [5.41, 5.74) is 7.13. The lowest BCUT2D eigenvalue weighted by Crippen LogP contribution is -2.37. The van der Waals surface area contributed by atoms with Crippen LogP contribution in [0.2, 0.25) is 0 Å². The molecule has 0 bridgehead atoms. The maximum atomic E-state index is 9.26. The van der Waals surface area contributed by atoms with E-state index in [0.29, 0.717) is 11.5 Å². The lowest BCUT2D eigenvalue weighted by Gasteiger charge is -2.35. The number of anilines is 1. The van der Waals surface area contributed by atoms with Crippen LogP contribution in [0, 0.1) is 11.3 Å². The Balaban J connectivity index is 2.08. The first-order valence-corrected chi connectivity index (χ1v) is 5.75. The van der Waals surface area contributed by atoms with Crippen molar-refractivity contribution in [3.05, 3.63) is 24.0 Å². The van der Waals surface area contributed by atoms with Gasteiger partial charge in [0.2, 0.25) is 0 Å². The predicted molar refractivity (Wildman–Crippen MR) is 67.3 cm³/mol. The molecule has 92 valence electrons. The molecule has 0 radical (unpaired) electrons. The molecule has 1 aromatic heterocycles. The summed E-state index contributed by atoms with van der Waals surface area (Å²) in [6.07, 6.45) is 4.96. The average molecular weight is 234 g/mol. The Morgan fingerprint density at radius 1 is 1.65 bits per heavy atom. The summed E-state index contributed by atoms with van der Waals surface area (Å²) in [5.74, 6) is 0.581. The van der Waals surface area contributed by atoms with Crippen LogP contribution in [0.25, 0.3) is 0 Å². The van der Waals surface area contributed by atoms with E-state index in [0.717, 1.165) is 25.1 Å². The van der Waals surface area contributed by atoms with Crippen LogP contribution >= 0.6 is 0 Å². The first kappa shape index (κ1) is 11.9. The molecular formula is C12H18N4O. The second kappa shape index (κ2) is 4.71.